The maximum atomic E-state index is 12.7. The molecule has 2 aromatic rings. The van der Waals surface area contributed by atoms with Crippen LogP contribution in [-0.4, -0.2) is 12.1 Å². The van der Waals surface area contributed by atoms with Crippen molar-refractivity contribution in [2.24, 2.45) is 17.3 Å². The Kier molecular flexibility index (Phi) is 6.47. The second kappa shape index (κ2) is 8.86. The number of esters is 1. The molecule has 0 aliphatic heterocycles. The number of halogens is 2. The van der Waals surface area contributed by atoms with Crippen LogP contribution in [0.1, 0.15) is 25.0 Å². The number of nitriles is 1. The molecule has 0 heterocycles. The third-order valence-electron chi connectivity index (χ3n) is 5.33. The molecule has 3 rings (SSSR count). The minimum absolute atomic E-state index is 0.106. The summed E-state index contributed by atoms with van der Waals surface area (Å²) in [4.78, 5) is 12.7. The molecule has 0 amide bonds. The van der Waals surface area contributed by atoms with Crippen LogP contribution in [0.3, 0.4) is 0 Å². The lowest BCUT2D eigenvalue weighted by molar-refractivity contribution is -0.147. The van der Waals surface area contributed by atoms with Crippen molar-refractivity contribution in [3.63, 3.8) is 0 Å². The lowest BCUT2D eigenvalue weighted by atomic mass is 9.96. The van der Waals surface area contributed by atoms with Crippen LogP contribution in [0.25, 0.3) is 5.57 Å². The molecule has 3 unspecified atom stereocenters. The van der Waals surface area contributed by atoms with Crippen molar-refractivity contribution in [1.82, 2.24) is 0 Å². The van der Waals surface area contributed by atoms with Crippen LogP contribution >= 0.6 is 23.2 Å². The van der Waals surface area contributed by atoms with E-state index in [1.165, 1.54) is 0 Å². The van der Waals surface area contributed by atoms with E-state index >= 15 is 0 Å². The van der Waals surface area contributed by atoms with Crippen LogP contribution in [-0.2, 0) is 9.53 Å². The molecule has 0 aromatic heterocycles. The van der Waals surface area contributed by atoms with Gasteiger partial charge in [0.2, 0.25) is 6.10 Å². The number of benzene rings is 2. The standard InChI is InChI=1S/C24H21Cl2NO2/c1-24(2)20(14-21(25)26)22(24)23(28)29-18(15-27)13-19(16-9-5-3-6-10-16)17-11-7-4-8-12-17/h3-14,18,20,22H,1-2H3. The van der Waals surface area contributed by atoms with E-state index in [4.69, 9.17) is 27.9 Å². The van der Waals surface area contributed by atoms with Gasteiger partial charge in [-0.3, -0.25) is 4.79 Å². The summed E-state index contributed by atoms with van der Waals surface area (Å²) < 4.78 is 5.68. The van der Waals surface area contributed by atoms with E-state index in [0.29, 0.717) is 0 Å². The smallest absolute Gasteiger partial charge is 0.311 e. The number of hydrogen-bond donors (Lipinski definition) is 0. The summed E-state index contributed by atoms with van der Waals surface area (Å²) in [6.45, 7) is 3.90. The Morgan fingerprint density at radius 2 is 1.59 bits per heavy atom. The van der Waals surface area contributed by atoms with Crippen LogP contribution in [0.5, 0.6) is 0 Å². The quantitative estimate of drug-likeness (QED) is 0.521. The number of carbonyl (C=O) groups excluding carboxylic acids is 1. The highest BCUT2D eigenvalue weighted by molar-refractivity contribution is 6.55. The van der Waals surface area contributed by atoms with Gasteiger partial charge < -0.3 is 4.74 Å². The number of carbonyl (C=O) groups is 1. The van der Waals surface area contributed by atoms with Gasteiger partial charge in [0.15, 0.2) is 0 Å². The molecule has 3 atom stereocenters. The highest BCUT2D eigenvalue weighted by Gasteiger charge is 2.61. The van der Waals surface area contributed by atoms with E-state index in [9.17, 15) is 10.1 Å². The minimum Gasteiger partial charge on any atom is -0.442 e. The molecule has 0 bridgehead atoms. The summed E-state index contributed by atoms with van der Waals surface area (Å²) in [6, 6.07) is 21.5. The Labute approximate surface area is 181 Å². The van der Waals surface area contributed by atoms with Gasteiger partial charge in [0.25, 0.3) is 0 Å². The Hall–Kier alpha value is -2.54. The topological polar surface area (TPSA) is 50.1 Å². The van der Waals surface area contributed by atoms with Crippen molar-refractivity contribution in [1.29, 1.82) is 5.26 Å². The third kappa shape index (κ3) is 4.90. The molecule has 29 heavy (non-hydrogen) atoms. The number of ether oxygens (including phenoxy) is 1. The molecular formula is C24H21Cl2NO2. The molecule has 1 aliphatic rings. The summed E-state index contributed by atoms with van der Waals surface area (Å²) in [5, 5.41) is 9.64. The number of allylic oxidation sites excluding steroid dienone is 1. The fourth-order valence-corrected chi connectivity index (χ4v) is 3.89. The molecule has 1 saturated carbocycles. The normalized spacial score (nSPS) is 20.0. The molecule has 0 N–H and O–H groups in total. The fourth-order valence-electron chi connectivity index (χ4n) is 3.62. The van der Waals surface area contributed by atoms with E-state index in [-0.39, 0.29) is 21.7 Å². The first-order valence-corrected chi connectivity index (χ1v) is 10.1. The predicted molar refractivity (Wildman–Crippen MR) is 116 cm³/mol. The van der Waals surface area contributed by atoms with Gasteiger partial charge in [0.05, 0.1) is 5.92 Å². The summed E-state index contributed by atoms with van der Waals surface area (Å²) in [5.74, 6) is -0.906. The van der Waals surface area contributed by atoms with Crippen molar-refractivity contribution < 1.29 is 9.53 Å². The van der Waals surface area contributed by atoms with E-state index in [1.807, 2.05) is 74.5 Å². The second-order valence-corrected chi connectivity index (χ2v) is 8.59. The summed E-state index contributed by atoms with van der Waals surface area (Å²) in [5.41, 5.74) is 2.41. The van der Waals surface area contributed by atoms with Gasteiger partial charge in [0.1, 0.15) is 10.6 Å². The van der Waals surface area contributed by atoms with Gasteiger partial charge in [-0.15, -0.1) is 0 Å². The van der Waals surface area contributed by atoms with Gasteiger partial charge in [-0.25, -0.2) is 0 Å². The highest BCUT2D eigenvalue weighted by Crippen LogP contribution is 2.60. The molecule has 3 nitrogen and oxygen atoms in total. The van der Waals surface area contributed by atoms with E-state index in [1.54, 1.807) is 12.2 Å². The van der Waals surface area contributed by atoms with Crippen molar-refractivity contribution in [2.75, 3.05) is 0 Å². The van der Waals surface area contributed by atoms with Crippen molar-refractivity contribution in [2.45, 2.75) is 20.0 Å². The summed E-state index contributed by atoms with van der Waals surface area (Å²) in [7, 11) is 0. The van der Waals surface area contributed by atoms with Crippen molar-refractivity contribution in [3.8, 4) is 6.07 Å². The average molecular weight is 426 g/mol. The fraction of sp³-hybridized carbons (Fsp3) is 0.250. The first-order valence-electron chi connectivity index (χ1n) is 9.30. The maximum absolute atomic E-state index is 12.7. The van der Waals surface area contributed by atoms with Crippen LogP contribution in [0.2, 0.25) is 0 Å². The molecule has 0 spiro atoms. The summed E-state index contributed by atoms with van der Waals surface area (Å²) in [6.07, 6.45) is 2.34. The highest BCUT2D eigenvalue weighted by atomic mass is 35.5. The Morgan fingerprint density at radius 1 is 1.07 bits per heavy atom. The largest absolute Gasteiger partial charge is 0.442 e. The van der Waals surface area contributed by atoms with Crippen molar-refractivity contribution >= 4 is 34.7 Å². The lowest BCUT2D eigenvalue weighted by Gasteiger charge is -2.13. The van der Waals surface area contributed by atoms with E-state index in [2.05, 4.69) is 6.07 Å². The SMILES string of the molecule is CC1(C)C(C=C(Cl)Cl)C1C(=O)OC(C#N)C=C(c1ccccc1)c1ccccc1. The maximum Gasteiger partial charge on any atom is 0.311 e. The minimum atomic E-state index is -1.01. The van der Waals surface area contributed by atoms with Crippen LogP contribution < -0.4 is 0 Å². The first-order chi connectivity index (χ1) is 13.8. The third-order valence-corrected chi connectivity index (χ3v) is 5.58. The summed E-state index contributed by atoms with van der Waals surface area (Å²) >= 11 is 11.5. The van der Waals surface area contributed by atoms with Gasteiger partial charge in [-0.2, -0.15) is 5.26 Å². The monoisotopic (exact) mass is 425 g/mol. The molecule has 1 fully saturated rings. The van der Waals surface area contributed by atoms with Crippen LogP contribution in [0.15, 0.2) is 77.3 Å². The number of rotatable bonds is 6. The van der Waals surface area contributed by atoms with E-state index < -0.39 is 12.1 Å². The first kappa shape index (κ1) is 21.2. The molecule has 148 valence electrons. The van der Waals surface area contributed by atoms with Crippen molar-refractivity contribution in [3.05, 3.63) is 88.4 Å². The average Bonchev–Trinajstić information content (AvgIpc) is 3.25. The Bertz CT molecular complexity index is 929. The van der Waals surface area contributed by atoms with Crippen LogP contribution in [0, 0.1) is 28.6 Å². The molecule has 1 aliphatic carbocycles. The molecule has 0 saturated heterocycles. The second-order valence-electron chi connectivity index (χ2n) is 7.58. The zero-order valence-electron chi connectivity index (χ0n) is 16.2. The molecular weight excluding hydrogens is 405 g/mol. The van der Waals surface area contributed by atoms with E-state index in [0.717, 1.165) is 16.7 Å². The predicted octanol–water partition coefficient (Wildman–Crippen LogP) is 6.14. The number of hydrogen-bond acceptors (Lipinski definition) is 3. The molecule has 2 aromatic carbocycles. The lowest BCUT2D eigenvalue weighted by Crippen LogP contribution is -2.18. The zero-order valence-corrected chi connectivity index (χ0v) is 17.7. The van der Waals surface area contributed by atoms with Gasteiger partial charge in [0, 0.05) is 0 Å². The molecule has 0 radical (unpaired) electrons. The van der Waals surface area contributed by atoms with Gasteiger partial charge in [-0.05, 0) is 40.2 Å². The molecule has 5 heteroatoms. The van der Waals surface area contributed by atoms with Gasteiger partial charge >= 0.3 is 5.97 Å². The van der Waals surface area contributed by atoms with Gasteiger partial charge in [-0.1, -0.05) is 97.7 Å². The van der Waals surface area contributed by atoms with Crippen LogP contribution in [0.4, 0.5) is 0 Å². The Morgan fingerprint density at radius 3 is 2.03 bits per heavy atom. The Balaban J connectivity index is 1.86. The number of nitrogens with zero attached hydrogens (tertiary/aromatic N) is 1. The zero-order chi connectivity index (χ0) is 21.0.